The van der Waals surface area contributed by atoms with E-state index >= 15 is 0 Å². The molecular formula is C29H26FN7O. The van der Waals surface area contributed by atoms with Crippen LogP contribution in [0.2, 0.25) is 0 Å². The minimum absolute atomic E-state index is 0.250. The van der Waals surface area contributed by atoms with Crippen LogP contribution in [0.5, 0.6) is 0 Å². The molecule has 4 heterocycles. The topological polar surface area (TPSA) is 79.2 Å². The van der Waals surface area contributed by atoms with Gasteiger partial charge in [-0.15, -0.1) is 0 Å². The van der Waals surface area contributed by atoms with Crippen LogP contribution in [-0.4, -0.2) is 63.6 Å². The first-order valence-electron chi connectivity index (χ1n) is 12.5. The van der Waals surface area contributed by atoms with Crippen molar-refractivity contribution in [1.29, 1.82) is 0 Å². The summed E-state index contributed by atoms with van der Waals surface area (Å²) in [6.07, 6.45) is 1.64. The maximum absolute atomic E-state index is 13.7. The molecule has 0 spiro atoms. The van der Waals surface area contributed by atoms with Gasteiger partial charge in [-0.25, -0.2) is 19.3 Å². The highest BCUT2D eigenvalue weighted by atomic mass is 19.1. The lowest BCUT2D eigenvalue weighted by Crippen LogP contribution is -2.44. The molecular weight excluding hydrogens is 481 g/mol. The molecule has 1 aliphatic heterocycles. The van der Waals surface area contributed by atoms with Crippen molar-refractivity contribution in [2.45, 2.75) is 0 Å². The van der Waals surface area contributed by atoms with Crippen LogP contribution in [0, 0.1) is 5.82 Å². The summed E-state index contributed by atoms with van der Waals surface area (Å²) in [4.78, 5) is 31.6. The summed E-state index contributed by atoms with van der Waals surface area (Å²) >= 11 is 0. The number of amides is 1. The largest absolute Gasteiger partial charge is 0.354 e. The quantitative estimate of drug-likeness (QED) is 0.374. The number of carbonyl (C=O) groups excluding carboxylic acids is 1. The molecule has 8 nitrogen and oxygen atoms in total. The van der Waals surface area contributed by atoms with E-state index in [-0.39, 0.29) is 11.7 Å². The average molecular weight is 508 g/mol. The molecule has 2 aromatic carbocycles. The fourth-order valence-corrected chi connectivity index (χ4v) is 4.60. The summed E-state index contributed by atoms with van der Waals surface area (Å²) in [6, 6.07) is 22.8. The number of fused-ring (bicyclic) bond motifs is 1. The third-order valence-electron chi connectivity index (χ3n) is 6.70. The number of anilines is 2. The van der Waals surface area contributed by atoms with Gasteiger partial charge in [-0.3, -0.25) is 9.36 Å². The van der Waals surface area contributed by atoms with Crippen LogP contribution in [0.4, 0.5) is 16.0 Å². The summed E-state index contributed by atoms with van der Waals surface area (Å²) in [7, 11) is 2.12. The molecule has 0 atom stereocenters. The summed E-state index contributed by atoms with van der Waals surface area (Å²) < 4.78 is 15.7. The number of carbonyl (C=O) groups is 1. The highest BCUT2D eigenvalue weighted by Crippen LogP contribution is 2.30. The third kappa shape index (κ3) is 4.71. The molecule has 1 saturated heterocycles. The highest BCUT2D eigenvalue weighted by molar-refractivity contribution is 6.03. The maximum Gasteiger partial charge on any atom is 0.256 e. The van der Waals surface area contributed by atoms with Crippen molar-refractivity contribution >= 4 is 28.7 Å². The number of rotatable bonds is 5. The zero-order chi connectivity index (χ0) is 26.1. The molecule has 1 amide bonds. The second-order valence-electron chi connectivity index (χ2n) is 9.30. The standard InChI is InChI=1S/C29H26FN7O/c1-35-15-17-36(18-16-35)26-12-11-24-28(34-26)37(27(32-24)20-7-9-22(30)10-8-20)23-13-14-31-25(19-23)33-29(38)21-5-3-2-4-6-21/h2-14,19H,15-18H2,1H3,(H,31,33,38). The zero-order valence-corrected chi connectivity index (χ0v) is 20.9. The van der Waals surface area contributed by atoms with Gasteiger partial charge in [-0.05, 0) is 61.6 Å². The predicted molar refractivity (Wildman–Crippen MR) is 146 cm³/mol. The first-order chi connectivity index (χ1) is 18.5. The van der Waals surface area contributed by atoms with Gasteiger partial charge in [-0.2, -0.15) is 0 Å². The van der Waals surface area contributed by atoms with Crippen molar-refractivity contribution in [3.05, 3.63) is 96.4 Å². The Balaban J connectivity index is 1.44. The van der Waals surface area contributed by atoms with Crippen LogP contribution in [0.1, 0.15) is 10.4 Å². The van der Waals surface area contributed by atoms with Gasteiger partial charge >= 0.3 is 0 Å². The van der Waals surface area contributed by atoms with Crippen molar-refractivity contribution < 1.29 is 9.18 Å². The summed E-state index contributed by atoms with van der Waals surface area (Å²) in [5, 5.41) is 2.88. The number of nitrogens with zero attached hydrogens (tertiary/aromatic N) is 6. The van der Waals surface area contributed by atoms with E-state index in [9.17, 15) is 9.18 Å². The van der Waals surface area contributed by atoms with Crippen molar-refractivity contribution in [2.24, 2.45) is 0 Å². The number of hydrogen-bond donors (Lipinski definition) is 1. The molecule has 1 fully saturated rings. The second kappa shape index (κ2) is 10.0. The Morgan fingerprint density at radius 2 is 1.66 bits per heavy atom. The van der Waals surface area contributed by atoms with E-state index in [1.54, 1.807) is 36.5 Å². The Bertz CT molecular complexity index is 1590. The first kappa shape index (κ1) is 23.7. The smallest absolute Gasteiger partial charge is 0.256 e. The van der Waals surface area contributed by atoms with Gasteiger partial charge in [0.1, 0.15) is 28.8 Å². The van der Waals surface area contributed by atoms with Crippen molar-refractivity contribution in [2.75, 3.05) is 43.4 Å². The van der Waals surface area contributed by atoms with Gasteiger partial charge < -0.3 is 15.1 Å². The molecule has 38 heavy (non-hydrogen) atoms. The van der Waals surface area contributed by atoms with E-state index < -0.39 is 0 Å². The normalized spacial score (nSPS) is 14.1. The highest BCUT2D eigenvalue weighted by Gasteiger charge is 2.20. The number of piperazine rings is 1. The number of hydrogen-bond acceptors (Lipinski definition) is 6. The van der Waals surface area contributed by atoms with Crippen LogP contribution in [0.15, 0.2) is 85.1 Å². The second-order valence-corrected chi connectivity index (χ2v) is 9.30. The number of imidazole rings is 1. The van der Waals surface area contributed by atoms with Gasteiger partial charge in [0.2, 0.25) is 0 Å². The molecule has 1 N–H and O–H groups in total. The Kier molecular flexibility index (Phi) is 6.27. The number of nitrogens with one attached hydrogen (secondary N) is 1. The summed E-state index contributed by atoms with van der Waals surface area (Å²) in [5.74, 6) is 1.33. The van der Waals surface area contributed by atoms with Crippen molar-refractivity contribution in [1.82, 2.24) is 24.4 Å². The lowest BCUT2D eigenvalue weighted by atomic mass is 10.2. The molecule has 5 aromatic rings. The average Bonchev–Trinajstić information content (AvgIpc) is 3.33. The predicted octanol–water partition coefficient (Wildman–Crippen LogP) is 4.63. The molecule has 6 rings (SSSR count). The van der Waals surface area contributed by atoms with Gasteiger partial charge in [-0.1, -0.05) is 18.2 Å². The maximum atomic E-state index is 13.7. The molecule has 0 bridgehead atoms. The Morgan fingerprint density at radius 1 is 0.895 bits per heavy atom. The van der Waals surface area contributed by atoms with E-state index in [1.165, 1.54) is 12.1 Å². The minimum atomic E-state index is -0.318. The number of halogens is 1. The van der Waals surface area contributed by atoms with Crippen LogP contribution in [0.25, 0.3) is 28.2 Å². The lowest BCUT2D eigenvalue weighted by molar-refractivity contribution is 0.102. The number of benzene rings is 2. The molecule has 9 heteroatoms. The molecule has 0 unspecified atom stereocenters. The third-order valence-corrected chi connectivity index (χ3v) is 6.70. The van der Waals surface area contributed by atoms with Crippen LogP contribution < -0.4 is 10.2 Å². The van der Waals surface area contributed by atoms with Gasteiger partial charge in [0.25, 0.3) is 5.91 Å². The molecule has 0 radical (unpaired) electrons. The molecule has 1 aliphatic rings. The first-order valence-corrected chi connectivity index (χ1v) is 12.5. The number of pyridine rings is 2. The Labute approximate surface area is 219 Å². The van der Waals surface area contributed by atoms with Crippen LogP contribution >= 0.6 is 0 Å². The van der Waals surface area contributed by atoms with Crippen LogP contribution in [-0.2, 0) is 0 Å². The van der Waals surface area contributed by atoms with E-state index in [0.717, 1.165) is 43.2 Å². The van der Waals surface area contributed by atoms with Gasteiger partial charge in [0.15, 0.2) is 5.65 Å². The monoisotopic (exact) mass is 507 g/mol. The Hall–Kier alpha value is -4.63. The van der Waals surface area contributed by atoms with Gasteiger partial charge in [0, 0.05) is 49.6 Å². The molecule has 190 valence electrons. The van der Waals surface area contributed by atoms with E-state index in [0.29, 0.717) is 28.4 Å². The van der Waals surface area contributed by atoms with E-state index in [2.05, 4.69) is 27.1 Å². The molecule has 0 saturated carbocycles. The van der Waals surface area contributed by atoms with Crippen molar-refractivity contribution in [3.63, 3.8) is 0 Å². The van der Waals surface area contributed by atoms with Gasteiger partial charge in [0.05, 0.1) is 5.69 Å². The van der Waals surface area contributed by atoms with E-state index in [4.69, 9.17) is 9.97 Å². The zero-order valence-electron chi connectivity index (χ0n) is 20.9. The molecule has 3 aromatic heterocycles. The van der Waals surface area contributed by atoms with Crippen LogP contribution in [0.3, 0.4) is 0 Å². The summed E-state index contributed by atoms with van der Waals surface area (Å²) in [6.45, 7) is 3.71. The number of likely N-dealkylation sites (N-methyl/N-ethyl adjacent to an activating group) is 1. The van der Waals surface area contributed by atoms with Crippen molar-refractivity contribution in [3.8, 4) is 17.1 Å². The minimum Gasteiger partial charge on any atom is -0.354 e. The van der Waals surface area contributed by atoms with E-state index in [1.807, 2.05) is 41.0 Å². The fraction of sp³-hybridized carbons (Fsp3) is 0.172. The Morgan fingerprint density at radius 3 is 2.42 bits per heavy atom. The fourth-order valence-electron chi connectivity index (χ4n) is 4.60. The SMILES string of the molecule is CN1CCN(c2ccc3nc(-c4ccc(F)cc4)n(-c4ccnc(NC(=O)c5ccccc5)c4)c3n2)CC1. The number of aromatic nitrogens is 4. The lowest BCUT2D eigenvalue weighted by Gasteiger charge is -2.33. The summed E-state index contributed by atoms with van der Waals surface area (Å²) in [5.41, 5.74) is 3.41. The molecule has 0 aliphatic carbocycles.